The molecule has 6 rings (SSSR count). The van der Waals surface area contributed by atoms with E-state index in [2.05, 4.69) is 66.0 Å². The minimum Gasteiger partial charge on any atom is -0.483 e. The van der Waals surface area contributed by atoms with Crippen LogP contribution in [0.3, 0.4) is 0 Å². The lowest BCUT2D eigenvalue weighted by molar-refractivity contribution is -0.120. The van der Waals surface area contributed by atoms with Crippen molar-refractivity contribution < 1.29 is 19.1 Å². The number of hydrogen-bond donors (Lipinski definition) is 1. The van der Waals surface area contributed by atoms with E-state index in [1.54, 1.807) is 12.1 Å². The zero-order valence-corrected chi connectivity index (χ0v) is 30.6. The summed E-state index contributed by atoms with van der Waals surface area (Å²) >= 11 is 9.91. The maximum atomic E-state index is 14.3. The molecular weight excluding hydrogens is 688 g/mol. The van der Waals surface area contributed by atoms with Gasteiger partial charge in [-0.05, 0) is 78.5 Å². The van der Waals surface area contributed by atoms with Crippen molar-refractivity contribution in [1.82, 2.24) is 4.90 Å². The van der Waals surface area contributed by atoms with Gasteiger partial charge in [-0.25, -0.2) is 0 Å². The van der Waals surface area contributed by atoms with Crippen molar-refractivity contribution in [3.8, 4) is 5.75 Å². The summed E-state index contributed by atoms with van der Waals surface area (Å²) in [6.45, 7) is 10.9. The highest BCUT2D eigenvalue weighted by molar-refractivity contribution is 9.10. The fourth-order valence-electron chi connectivity index (χ4n) is 7.40. The smallest absolute Gasteiger partial charge is 0.262 e. The van der Waals surface area contributed by atoms with Gasteiger partial charge in [0, 0.05) is 68.6 Å². The fraction of sp³-hybridized carbons (Fsp3) is 0.375. The molecule has 0 aromatic heterocycles. The Morgan fingerprint density at radius 1 is 0.896 bits per heavy atom. The largest absolute Gasteiger partial charge is 0.483 e. The van der Waals surface area contributed by atoms with E-state index in [9.17, 15) is 14.4 Å². The van der Waals surface area contributed by atoms with Crippen LogP contribution in [0.15, 0.2) is 93.7 Å². The van der Waals surface area contributed by atoms with Crippen LogP contribution in [-0.4, -0.2) is 35.5 Å². The van der Waals surface area contributed by atoms with Crippen molar-refractivity contribution in [1.29, 1.82) is 0 Å². The van der Waals surface area contributed by atoms with E-state index in [0.29, 0.717) is 52.6 Å². The van der Waals surface area contributed by atoms with Crippen molar-refractivity contribution in [3.05, 3.63) is 115 Å². The van der Waals surface area contributed by atoms with Crippen LogP contribution < -0.4 is 10.1 Å². The third kappa shape index (κ3) is 7.18. The predicted molar refractivity (Wildman–Crippen MR) is 194 cm³/mol. The van der Waals surface area contributed by atoms with Gasteiger partial charge in [0.25, 0.3) is 5.91 Å². The van der Waals surface area contributed by atoms with Crippen LogP contribution >= 0.6 is 27.5 Å². The maximum absolute atomic E-state index is 14.3. The van der Waals surface area contributed by atoms with Gasteiger partial charge in [-0.1, -0.05) is 91.6 Å². The summed E-state index contributed by atoms with van der Waals surface area (Å²) in [5.74, 6) is -0.362. The van der Waals surface area contributed by atoms with Gasteiger partial charge < -0.3 is 15.0 Å². The second-order valence-corrected chi connectivity index (χ2v) is 16.2. The molecule has 3 aliphatic rings. The first-order valence-corrected chi connectivity index (χ1v) is 17.7. The molecule has 0 radical (unpaired) electrons. The predicted octanol–water partition coefficient (Wildman–Crippen LogP) is 9.36. The summed E-state index contributed by atoms with van der Waals surface area (Å²) < 4.78 is 7.03. The lowest BCUT2D eigenvalue weighted by atomic mass is 9.63. The van der Waals surface area contributed by atoms with E-state index in [4.69, 9.17) is 16.3 Å². The number of carbonyl (C=O) groups is 3. The van der Waals surface area contributed by atoms with Crippen LogP contribution in [0.1, 0.15) is 76.0 Å². The number of ether oxygens (including phenoxy) is 1. The van der Waals surface area contributed by atoms with Crippen LogP contribution in [0.4, 0.5) is 5.69 Å². The third-order valence-corrected chi connectivity index (χ3v) is 10.5. The molecule has 6 nitrogen and oxygen atoms in total. The van der Waals surface area contributed by atoms with Gasteiger partial charge in [-0.3, -0.25) is 14.4 Å². The van der Waals surface area contributed by atoms with Crippen molar-refractivity contribution in [3.63, 3.8) is 0 Å². The van der Waals surface area contributed by atoms with E-state index in [-0.39, 0.29) is 34.9 Å². The van der Waals surface area contributed by atoms with Gasteiger partial charge in [0.1, 0.15) is 5.75 Å². The SMILES string of the molecule is Cc1ccc(NC(=O)COc2ccc(Br)cc2C2C3=C(CC(C)(C)CC3=O)N(CCc3ccccc3)C3=C2C(=O)CC(C)(C)C3)cc1Cl. The summed E-state index contributed by atoms with van der Waals surface area (Å²) in [5, 5.41) is 3.42. The number of hydrogen-bond acceptors (Lipinski definition) is 5. The number of amides is 1. The first-order valence-electron chi connectivity index (χ1n) is 16.5. The van der Waals surface area contributed by atoms with Gasteiger partial charge in [-0.15, -0.1) is 0 Å². The second-order valence-electron chi connectivity index (χ2n) is 14.9. The molecule has 0 saturated heterocycles. The van der Waals surface area contributed by atoms with E-state index in [0.717, 1.165) is 40.7 Å². The number of halogens is 2. The number of aryl methyl sites for hydroxylation is 1. The Balaban J connectivity index is 1.43. The normalized spacial score (nSPS) is 18.9. The number of Topliss-reactive ketones (excluding diaryl/α,β-unsaturated/α-hetero) is 2. The van der Waals surface area contributed by atoms with Crippen molar-refractivity contribution in [2.45, 2.75) is 72.6 Å². The monoisotopic (exact) mass is 728 g/mol. The Morgan fingerprint density at radius 3 is 2.12 bits per heavy atom. The molecule has 1 N–H and O–H groups in total. The highest BCUT2D eigenvalue weighted by atomic mass is 79.9. The van der Waals surface area contributed by atoms with Gasteiger partial charge >= 0.3 is 0 Å². The summed E-state index contributed by atoms with van der Waals surface area (Å²) in [6, 6.07) is 21.3. The van der Waals surface area contributed by atoms with Gasteiger partial charge in [-0.2, -0.15) is 0 Å². The van der Waals surface area contributed by atoms with Crippen LogP contribution in [-0.2, 0) is 20.8 Å². The van der Waals surface area contributed by atoms with Crippen molar-refractivity contribution in [2.75, 3.05) is 18.5 Å². The third-order valence-electron chi connectivity index (χ3n) is 9.59. The number of nitrogens with zero attached hydrogens (tertiary/aromatic N) is 1. The van der Waals surface area contributed by atoms with E-state index >= 15 is 0 Å². The topological polar surface area (TPSA) is 75.7 Å². The summed E-state index contributed by atoms with van der Waals surface area (Å²) in [4.78, 5) is 44.0. The molecule has 0 fully saturated rings. The quantitative estimate of drug-likeness (QED) is 0.250. The van der Waals surface area contributed by atoms with E-state index in [1.807, 2.05) is 49.4 Å². The Labute approximate surface area is 296 Å². The average Bonchev–Trinajstić information content (AvgIpc) is 3.00. The molecule has 0 atom stereocenters. The van der Waals surface area contributed by atoms with E-state index in [1.165, 1.54) is 5.56 Å². The van der Waals surface area contributed by atoms with Crippen LogP contribution in [0.2, 0.25) is 5.02 Å². The molecule has 1 amide bonds. The maximum Gasteiger partial charge on any atom is 0.262 e. The van der Waals surface area contributed by atoms with Crippen molar-refractivity contribution in [2.24, 2.45) is 10.8 Å². The summed E-state index contributed by atoms with van der Waals surface area (Å²) in [5.41, 5.74) is 6.31. The van der Waals surface area contributed by atoms with Gasteiger partial charge in [0.15, 0.2) is 18.2 Å². The first-order chi connectivity index (χ1) is 22.7. The number of anilines is 1. The molecule has 0 saturated carbocycles. The van der Waals surface area contributed by atoms with Gasteiger partial charge in [0.05, 0.1) is 0 Å². The minimum absolute atomic E-state index is 0.0556. The van der Waals surface area contributed by atoms with Crippen LogP contribution in [0, 0.1) is 17.8 Å². The highest BCUT2D eigenvalue weighted by Crippen LogP contribution is 2.55. The Hall–Kier alpha value is -3.68. The molecule has 48 heavy (non-hydrogen) atoms. The lowest BCUT2D eigenvalue weighted by Crippen LogP contribution is -2.45. The average molecular weight is 730 g/mol. The number of allylic oxidation sites excluding steroid dienone is 4. The first kappa shape index (κ1) is 34.2. The minimum atomic E-state index is -0.596. The molecule has 3 aromatic rings. The molecular formula is C40H42BrClN2O4. The Bertz CT molecular complexity index is 1810. The molecule has 3 aromatic carbocycles. The van der Waals surface area contributed by atoms with Crippen molar-refractivity contribution >= 4 is 50.7 Å². The molecule has 1 heterocycles. The van der Waals surface area contributed by atoms with Crippen LogP contribution in [0.5, 0.6) is 5.75 Å². The number of rotatable bonds is 8. The fourth-order valence-corrected chi connectivity index (χ4v) is 7.96. The molecule has 2 aliphatic carbocycles. The Kier molecular flexibility index (Phi) is 9.49. The lowest BCUT2D eigenvalue weighted by Gasteiger charge is -2.49. The molecule has 0 unspecified atom stereocenters. The standard InChI is InChI=1S/C40H42BrClN2O4/c1-24-11-13-27(18-29(24)42)43-35(47)23-48-34-14-12-26(41)17-28(34)36-37-30(19-39(2,3)21-32(37)45)44(16-15-25-9-7-6-8-10-25)31-20-40(4,5)22-33(46)38(31)36/h6-14,17-18,36H,15-16,19-23H2,1-5H3,(H,43,47). The number of benzene rings is 3. The second kappa shape index (κ2) is 13.3. The number of carbonyl (C=O) groups excluding carboxylic acids is 3. The molecule has 250 valence electrons. The number of ketones is 2. The summed E-state index contributed by atoms with van der Waals surface area (Å²) in [7, 11) is 0. The van der Waals surface area contributed by atoms with Gasteiger partial charge in [0.2, 0.25) is 0 Å². The zero-order chi connectivity index (χ0) is 34.4. The van der Waals surface area contributed by atoms with E-state index < -0.39 is 5.92 Å². The molecule has 0 spiro atoms. The molecule has 1 aliphatic heterocycles. The molecule has 0 bridgehead atoms. The number of nitrogens with one attached hydrogen (secondary N) is 1. The zero-order valence-electron chi connectivity index (χ0n) is 28.2. The Morgan fingerprint density at radius 2 is 1.52 bits per heavy atom. The van der Waals surface area contributed by atoms with Crippen LogP contribution in [0.25, 0.3) is 0 Å². The highest BCUT2D eigenvalue weighted by Gasteiger charge is 2.49. The molecule has 8 heteroatoms. The summed E-state index contributed by atoms with van der Waals surface area (Å²) in [6.07, 6.45) is 3.01.